The van der Waals surface area contributed by atoms with Crippen molar-refractivity contribution in [3.8, 4) is 28.4 Å². The van der Waals surface area contributed by atoms with Gasteiger partial charge in [-0.25, -0.2) is 0 Å². The molecule has 0 fully saturated rings. The molecule has 4 aromatic rings. The van der Waals surface area contributed by atoms with Gasteiger partial charge in [0.1, 0.15) is 46.8 Å². The summed E-state index contributed by atoms with van der Waals surface area (Å²) in [7, 11) is 0. The number of hydrogen-bond acceptors (Lipinski definition) is 7. The van der Waals surface area contributed by atoms with Crippen molar-refractivity contribution in [1.82, 2.24) is 5.32 Å². The van der Waals surface area contributed by atoms with Gasteiger partial charge in [-0.1, -0.05) is 12.1 Å². The van der Waals surface area contributed by atoms with E-state index in [4.69, 9.17) is 13.6 Å². The molecule has 148 valence electrons. The van der Waals surface area contributed by atoms with Crippen molar-refractivity contribution >= 4 is 11.0 Å². The molecule has 0 bridgehead atoms. The standard InChI is InChI=1S/C22H19NO6/c24-15-5-3-14(4-6-15)18-13-29-20-11-17(10-19(25)21(20)22(18)26)28-9-7-23-12-16-2-1-8-27-16/h1-6,8,10-11,13,23-25H,7,9,12H2. The Bertz CT molecular complexity index is 1160. The Morgan fingerprint density at radius 3 is 2.62 bits per heavy atom. The first-order chi connectivity index (χ1) is 14.1. The molecule has 0 aliphatic heterocycles. The summed E-state index contributed by atoms with van der Waals surface area (Å²) in [5.41, 5.74) is 0.751. The summed E-state index contributed by atoms with van der Waals surface area (Å²) in [6, 6.07) is 12.9. The average molecular weight is 393 g/mol. The maximum absolute atomic E-state index is 12.8. The summed E-state index contributed by atoms with van der Waals surface area (Å²) >= 11 is 0. The third kappa shape index (κ3) is 4.09. The molecule has 0 spiro atoms. The lowest BCUT2D eigenvalue weighted by Gasteiger charge is -2.09. The molecule has 29 heavy (non-hydrogen) atoms. The van der Waals surface area contributed by atoms with Crippen LogP contribution in [0.5, 0.6) is 17.2 Å². The van der Waals surface area contributed by atoms with Crippen molar-refractivity contribution in [3.63, 3.8) is 0 Å². The third-order valence-electron chi connectivity index (χ3n) is 4.44. The molecular formula is C22H19NO6. The van der Waals surface area contributed by atoms with Gasteiger partial charge in [-0.15, -0.1) is 0 Å². The Morgan fingerprint density at radius 1 is 1.03 bits per heavy atom. The number of rotatable bonds is 7. The average Bonchev–Trinajstić information content (AvgIpc) is 3.22. The quantitative estimate of drug-likeness (QED) is 0.412. The van der Waals surface area contributed by atoms with Gasteiger partial charge in [0.2, 0.25) is 5.43 Å². The summed E-state index contributed by atoms with van der Waals surface area (Å²) < 4.78 is 16.4. The molecule has 3 N–H and O–H groups in total. The highest BCUT2D eigenvalue weighted by atomic mass is 16.5. The molecule has 4 rings (SSSR count). The summed E-state index contributed by atoms with van der Waals surface area (Å²) in [4.78, 5) is 12.8. The maximum Gasteiger partial charge on any atom is 0.204 e. The maximum atomic E-state index is 12.8. The first kappa shape index (κ1) is 18.6. The number of phenolic OH excluding ortho intramolecular Hbond substituents is 2. The first-order valence-corrected chi connectivity index (χ1v) is 9.05. The zero-order valence-electron chi connectivity index (χ0n) is 15.4. The minimum atomic E-state index is -0.360. The minimum Gasteiger partial charge on any atom is -0.508 e. The van der Waals surface area contributed by atoms with Crippen LogP contribution in [0, 0.1) is 0 Å². The lowest BCUT2D eigenvalue weighted by Crippen LogP contribution is -2.20. The largest absolute Gasteiger partial charge is 0.508 e. The molecule has 7 heteroatoms. The molecule has 0 radical (unpaired) electrons. The van der Waals surface area contributed by atoms with Crippen molar-refractivity contribution in [3.05, 3.63) is 77.0 Å². The van der Waals surface area contributed by atoms with E-state index in [0.717, 1.165) is 5.76 Å². The number of phenols is 2. The Kier molecular flexibility index (Phi) is 5.22. The lowest BCUT2D eigenvalue weighted by molar-refractivity contribution is 0.309. The van der Waals surface area contributed by atoms with Crippen LogP contribution >= 0.6 is 0 Å². The van der Waals surface area contributed by atoms with Gasteiger partial charge in [0.05, 0.1) is 18.4 Å². The van der Waals surface area contributed by atoms with Crippen LogP contribution in [0.2, 0.25) is 0 Å². The molecule has 7 nitrogen and oxygen atoms in total. The van der Waals surface area contributed by atoms with Crippen molar-refractivity contribution < 1.29 is 23.8 Å². The number of nitrogens with one attached hydrogen (secondary N) is 1. The highest BCUT2D eigenvalue weighted by Gasteiger charge is 2.14. The molecule has 0 amide bonds. The summed E-state index contributed by atoms with van der Waals surface area (Å²) in [5.74, 6) is 1.12. The van der Waals surface area contributed by atoms with Crippen LogP contribution in [0.1, 0.15) is 5.76 Å². The van der Waals surface area contributed by atoms with Crippen LogP contribution in [0.15, 0.2) is 74.7 Å². The fourth-order valence-corrected chi connectivity index (χ4v) is 3.00. The van der Waals surface area contributed by atoms with Gasteiger partial charge in [0, 0.05) is 18.7 Å². The van der Waals surface area contributed by atoms with Crippen LogP contribution in [0.3, 0.4) is 0 Å². The second-order valence-electron chi connectivity index (χ2n) is 6.45. The minimum absolute atomic E-state index is 0.0823. The number of hydrogen-bond donors (Lipinski definition) is 3. The fourth-order valence-electron chi connectivity index (χ4n) is 3.00. The number of ether oxygens (including phenoxy) is 1. The van der Waals surface area contributed by atoms with E-state index >= 15 is 0 Å². The fraction of sp³-hybridized carbons (Fsp3) is 0.136. The van der Waals surface area contributed by atoms with Crippen molar-refractivity contribution in [2.75, 3.05) is 13.2 Å². The second kappa shape index (κ2) is 8.12. The monoisotopic (exact) mass is 393 g/mol. The molecule has 2 aromatic carbocycles. The molecule has 0 unspecified atom stereocenters. The van der Waals surface area contributed by atoms with Crippen LogP contribution in [0.4, 0.5) is 0 Å². The normalized spacial score (nSPS) is 11.0. The van der Waals surface area contributed by atoms with Crippen molar-refractivity contribution in [2.24, 2.45) is 0 Å². The van der Waals surface area contributed by atoms with Crippen LogP contribution in [-0.2, 0) is 6.54 Å². The highest BCUT2D eigenvalue weighted by molar-refractivity contribution is 5.88. The van der Waals surface area contributed by atoms with Gasteiger partial charge in [-0.2, -0.15) is 0 Å². The van der Waals surface area contributed by atoms with Gasteiger partial charge in [0.25, 0.3) is 0 Å². The zero-order valence-corrected chi connectivity index (χ0v) is 15.4. The first-order valence-electron chi connectivity index (χ1n) is 9.05. The topological polar surface area (TPSA) is 105 Å². The molecule has 2 heterocycles. The van der Waals surface area contributed by atoms with Gasteiger partial charge in [-0.3, -0.25) is 4.79 Å². The molecule has 0 saturated heterocycles. The van der Waals surface area contributed by atoms with Crippen molar-refractivity contribution in [2.45, 2.75) is 6.54 Å². The molecule has 0 aliphatic carbocycles. The van der Waals surface area contributed by atoms with E-state index in [1.165, 1.54) is 24.5 Å². The third-order valence-corrected chi connectivity index (χ3v) is 4.44. The lowest BCUT2D eigenvalue weighted by atomic mass is 10.0. The Labute approximate surface area is 165 Å². The van der Waals surface area contributed by atoms with Crippen LogP contribution in [-0.4, -0.2) is 23.4 Å². The van der Waals surface area contributed by atoms with Gasteiger partial charge >= 0.3 is 0 Å². The van der Waals surface area contributed by atoms with E-state index in [1.807, 2.05) is 12.1 Å². The molecule has 2 aromatic heterocycles. The summed E-state index contributed by atoms with van der Waals surface area (Å²) in [6.07, 6.45) is 2.96. The molecule has 0 aliphatic rings. The predicted molar refractivity (Wildman–Crippen MR) is 107 cm³/mol. The van der Waals surface area contributed by atoms with Crippen LogP contribution in [0.25, 0.3) is 22.1 Å². The van der Waals surface area contributed by atoms with Gasteiger partial charge in [-0.05, 0) is 29.8 Å². The predicted octanol–water partition coefficient (Wildman–Crippen LogP) is 3.63. The van der Waals surface area contributed by atoms with Gasteiger partial charge < -0.3 is 29.1 Å². The zero-order chi connectivity index (χ0) is 20.2. The van der Waals surface area contributed by atoms with Crippen molar-refractivity contribution in [1.29, 1.82) is 0 Å². The molecule has 0 atom stereocenters. The van der Waals surface area contributed by atoms with Gasteiger partial charge in [0.15, 0.2) is 0 Å². The SMILES string of the molecule is O=c1c(-c2ccc(O)cc2)coc2cc(OCCNCc3ccco3)cc(O)c12. The molecular weight excluding hydrogens is 374 g/mol. The number of benzene rings is 2. The summed E-state index contributed by atoms with van der Waals surface area (Å²) in [5, 5.41) is 23.0. The van der Waals surface area contributed by atoms with Crippen LogP contribution < -0.4 is 15.5 Å². The Morgan fingerprint density at radius 2 is 1.86 bits per heavy atom. The number of fused-ring (bicyclic) bond motifs is 1. The Balaban J connectivity index is 1.49. The Hall–Kier alpha value is -3.71. The second-order valence-corrected chi connectivity index (χ2v) is 6.45. The smallest absolute Gasteiger partial charge is 0.204 e. The van der Waals surface area contributed by atoms with E-state index < -0.39 is 0 Å². The van der Waals surface area contributed by atoms with E-state index in [2.05, 4.69) is 5.32 Å². The van der Waals surface area contributed by atoms with E-state index in [-0.39, 0.29) is 27.9 Å². The van der Waals surface area contributed by atoms with E-state index in [9.17, 15) is 15.0 Å². The highest BCUT2D eigenvalue weighted by Crippen LogP contribution is 2.30. The van der Waals surface area contributed by atoms with E-state index in [1.54, 1.807) is 24.5 Å². The number of furan rings is 1. The van der Waals surface area contributed by atoms with E-state index in [0.29, 0.717) is 36.6 Å². The number of aromatic hydroxyl groups is 2. The summed E-state index contributed by atoms with van der Waals surface area (Å²) in [6.45, 7) is 1.53. The molecule has 0 saturated carbocycles.